The second kappa shape index (κ2) is 5.69. The van der Waals surface area contributed by atoms with E-state index >= 15 is 0 Å². The van der Waals surface area contributed by atoms with Crippen molar-refractivity contribution in [3.63, 3.8) is 0 Å². The van der Waals surface area contributed by atoms with E-state index in [1.54, 1.807) is 18.2 Å². The first-order valence-corrected chi connectivity index (χ1v) is 6.02. The van der Waals surface area contributed by atoms with Crippen LogP contribution >= 0.6 is 11.6 Å². The fraction of sp³-hybridized carbons (Fsp3) is 0.133. The molecule has 2 aromatic rings. The molecule has 0 saturated heterocycles. The zero-order chi connectivity index (χ0) is 13.0. The zero-order valence-corrected chi connectivity index (χ0v) is 10.8. The Kier molecular flexibility index (Phi) is 4.00. The SMILES string of the molecule is Cc1cc(Cl)ccc1C(=O)OCc1ccccc1. The summed E-state index contributed by atoms with van der Waals surface area (Å²) in [5, 5.41) is 0.618. The maximum atomic E-state index is 11.9. The molecule has 0 amide bonds. The molecule has 0 N–H and O–H groups in total. The number of carbonyl (C=O) groups is 1. The van der Waals surface area contributed by atoms with Crippen LogP contribution in [-0.2, 0) is 11.3 Å². The highest BCUT2D eigenvalue weighted by Gasteiger charge is 2.10. The fourth-order valence-electron chi connectivity index (χ4n) is 1.66. The Morgan fingerprint density at radius 3 is 2.56 bits per heavy atom. The van der Waals surface area contributed by atoms with E-state index in [2.05, 4.69) is 0 Å². The number of rotatable bonds is 3. The van der Waals surface area contributed by atoms with Gasteiger partial charge in [-0.15, -0.1) is 0 Å². The Morgan fingerprint density at radius 1 is 1.17 bits per heavy atom. The van der Waals surface area contributed by atoms with Crippen LogP contribution in [0.1, 0.15) is 21.5 Å². The Labute approximate surface area is 111 Å². The maximum absolute atomic E-state index is 11.9. The third-order valence-corrected chi connectivity index (χ3v) is 2.86. The summed E-state index contributed by atoms with van der Waals surface area (Å²) in [7, 11) is 0. The van der Waals surface area contributed by atoms with Gasteiger partial charge in [0.15, 0.2) is 0 Å². The van der Waals surface area contributed by atoms with Crippen LogP contribution in [0, 0.1) is 6.92 Å². The van der Waals surface area contributed by atoms with Gasteiger partial charge in [-0.3, -0.25) is 0 Å². The number of aryl methyl sites for hydroxylation is 1. The molecule has 0 atom stereocenters. The van der Waals surface area contributed by atoms with Gasteiger partial charge in [-0.05, 0) is 36.2 Å². The summed E-state index contributed by atoms with van der Waals surface area (Å²) in [6.07, 6.45) is 0. The molecule has 3 heteroatoms. The molecule has 18 heavy (non-hydrogen) atoms. The van der Waals surface area contributed by atoms with Gasteiger partial charge in [-0.25, -0.2) is 4.79 Å². The minimum atomic E-state index is -0.326. The number of esters is 1. The van der Waals surface area contributed by atoms with Crippen molar-refractivity contribution < 1.29 is 9.53 Å². The average Bonchev–Trinajstić information content (AvgIpc) is 2.37. The molecule has 0 aromatic heterocycles. The standard InChI is InChI=1S/C15H13ClO2/c1-11-9-13(16)7-8-14(11)15(17)18-10-12-5-3-2-4-6-12/h2-9H,10H2,1H3. The zero-order valence-electron chi connectivity index (χ0n) is 10.0. The summed E-state index contributed by atoms with van der Waals surface area (Å²) < 4.78 is 5.25. The molecule has 0 saturated carbocycles. The van der Waals surface area contributed by atoms with Crippen LogP contribution in [0.4, 0.5) is 0 Å². The van der Waals surface area contributed by atoms with E-state index < -0.39 is 0 Å². The molecule has 0 aliphatic heterocycles. The summed E-state index contributed by atoms with van der Waals surface area (Å²) in [5.41, 5.74) is 2.34. The van der Waals surface area contributed by atoms with E-state index in [1.165, 1.54) is 0 Å². The van der Waals surface area contributed by atoms with Gasteiger partial charge >= 0.3 is 5.97 Å². The lowest BCUT2D eigenvalue weighted by molar-refractivity contribution is 0.0472. The Morgan fingerprint density at radius 2 is 1.89 bits per heavy atom. The molecule has 0 unspecified atom stereocenters. The molecule has 0 aliphatic carbocycles. The van der Waals surface area contributed by atoms with Gasteiger partial charge in [-0.2, -0.15) is 0 Å². The third-order valence-electron chi connectivity index (χ3n) is 2.62. The first-order valence-electron chi connectivity index (χ1n) is 5.64. The van der Waals surface area contributed by atoms with Crippen molar-refractivity contribution in [3.05, 3.63) is 70.2 Å². The van der Waals surface area contributed by atoms with E-state index in [4.69, 9.17) is 16.3 Å². The Balaban J connectivity index is 2.04. The molecule has 0 spiro atoms. The van der Waals surface area contributed by atoms with E-state index in [0.717, 1.165) is 11.1 Å². The van der Waals surface area contributed by atoms with E-state index in [-0.39, 0.29) is 12.6 Å². The van der Waals surface area contributed by atoms with Crippen LogP contribution in [-0.4, -0.2) is 5.97 Å². The van der Waals surface area contributed by atoms with Crippen LogP contribution in [0.15, 0.2) is 48.5 Å². The highest BCUT2D eigenvalue weighted by molar-refractivity contribution is 6.30. The molecule has 0 heterocycles. The van der Waals surface area contributed by atoms with E-state index in [9.17, 15) is 4.79 Å². The number of benzene rings is 2. The van der Waals surface area contributed by atoms with Gasteiger partial charge in [-0.1, -0.05) is 41.9 Å². The first kappa shape index (κ1) is 12.7. The predicted molar refractivity (Wildman–Crippen MR) is 71.8 cm³/mol. The second-order valence-electron chi connectivity index (χ2n) is 4.02. The van der Waals surface area contributed by atoms with Crippen LogP contribution in [0.3, 0.4) is 0 Å². The first-order chi connectivity index (χ1) is 8.66. The molecular weight excluding hydrogens is 248 g/mol. The number of ether oxygens (including phenoxy) is 1. The van der Waals surface area contributed by atoms with Gasteiger partial charge < -0.3 is 4.74 Å². The lowest BCUT2D eigenvalue weighted by atomic mass is 10.1. The highest BCUT2D eigenvalue weighted by Crippen LogP contribution is 2.16. The topological polar surface area (TPSA) is 26.3 Å². The summed E-state index contributed by atoms with van der Waals surface area (Å²) in [6.45, 7) is 2.12. The van der Waals surface area contributed by atoms with Gasteiger partial charge in [0, 0.05) is 5.02 Å². The molecule has 0 fully saturated rings. The maximum Gasteiger partial charge on any atom is 0.338 e. The van der Waals surface area contributed by atoms with Gasteiger partial charge in [0.25, 0.3) is 0 Å². The number of hydrogen-bond donors (Lipinski definition) is 0. The fourth-order valence-corrected chi connectivity index (χ4v) is 1.88. The summed E-state index contributed by atoms with van der Waals surface area (Å²) in [4.78, 5) is 11.9. The number of hydrogen-bond acceptors (Lipinski definition) is 2. The number of carbonyl (C=O) groups excluding carboxylic acids is 1. The highest BCUT2D eigenvalue weighted by atomic mass is 35.5. The van der Waals surface area contributed by atoms with Crippen molar-refractivity contribution in [2.75, 3.05) is 0 Å². The molecule has 0 bridgehead atoms. The Hall–Kier alpha value is -1.80. The van der Waals surface area contributed by atoms with Gasteiger partial charge in [0.1, 0.15) is 6.61 Å². The van der Waals surface area contributed by atoms with Crippen LogP contribution in [0.5, 0.6) is 0 Å². The summed E-state index contributed by atoms with van der Waals surface area (Å²) in [5.74, 6) is -0.326. The quantitative estimate of drug-likeness (QED) is 0.780. The van der Waals surface area contributed by atoms with E-state index in [1.807, 2.05) is 37.3 Å². The van der Waals surface area contributed by atoms with Crippen molar-refractivity contribution in [2.45, 2.75) is 13.5 Å². The lowest BCUT2D eigenvalue weighted by Crippen LogP contribution is -2.07. The minimum Gasteiger partial charge on any atom is -0.457 e. The van der Waals surface area contributed by atoms with Gasteiger partial charge in [0.2, 0.25) is 0 Å². The number of halogens is 1. The second-order valence-corrected chi connectivity index (χ2v) is 4.46. The van der Waals surface area contributed by atoms with Crippen LogP contribution < -0.4 is 0 Å². The molecular formula is C15H13ClO2. The van der Waals surface area contributed by atoms with Crippen molar-refractivity contribution >= 4 is 17.6 Å². The van der Waals surface area contributed by atoms with Crippen LogP contribution in [0.25, 0.3) is 0 Å². The molecule has 0 aliphatic rings. The Bertz CT molecular complexity index is 550. The minimum absolute atomic E-state index is 0.280. The largest absolute Gasteiger partial charge is 0.457 e. The van der Waals surface area contributed by atoms with Crippen molar-refractivity contribution in [3.8, 4) is 0 Å². The molecule has 0 radical (unpaired) electrons. The average molecular weight is 261 g/mol. The molecule has 92 valence electrons. The predicted octanol–water partition coefficient (Wildman–Crippen LogP) is 4.01. The third kappa shape index (κ3) is 3.11. The molecule has 2 aromatic carbocycles. The van der Waals surface area contributed by atoms with Crippen molar-refractivity contribution in [2.24, 2.45) is 0 Å². The summed E-state index contributed by atoms with van der Waals surface area (Å²) >= 11 is 5.84. The van der Waals surface area contributed by atoms with Crippen LogP contribution in [0.2, 0.25) is 5.02 Å². The smallest absolute Gasteiger partial charge is 0.338 e. The van der Waals surface area contributed by atoms with Crippen molar-refractivity contribution in [1.29, 1.82) is 0 Å². The molecule has 2 nitrogen and oxygen atoms in total. The monoisotopic (exact) mass is 260 g/mol. The molecule has 2 rings (SSSR count). The summed E-state index contributed by atoms with van der Waals surface area (Å²) in [6, 6.07) is 14.7. The normalized spacial score (nSPS) is 10.1. The lowest BCUT2D eigenvalue weighted by Gasteiger charge is -2.07. The van der Waals surface area contributed by atoms with E-state index in [0.29, 0.717) is 10.6 Å². The van der Waals surface area contributed by atoms with Gasteiger partial charge in [0.05, 0.1) is 5.56 Å². The van der Waals surface area contributed by atoms with Crippen molar-refractivity contribution in [1.82, 2.24) is 0 Å².